The average molecular weight is 288 g/mol. The Bertz CT molecular complexity index is 486. The molecule has 2 N–H and O–H groups in total. The van der Waals surface area contributed by atoms with Crippen molar-refractivity contribution in [2.24, 2.45) is 5.41 Å². The number of rotatable bonds is 4. The molecule has 1 aliphatic carbocycles. The molecule has 0 aromatic heterocycles. The second kappa shape index (κ2) is 6.07. The summed E-state index contributed by atoms with van der Waals surface area (Å²) in [6, 6.07) is 9.84. The van der Waals surface area contributed by atoms with Gasteiger partial charge in [-0.3, -0.25) is 0 Å². The molecule has 1 saturated carbocycles. The Hall–Kier alpha value is -0.900. The van der Waals surface area contributed by atoms with Crippen molar-refractivity contribution in [3.8, 4) is 0 Å². The predicted molar refractivity (Wildman–Crippen MR) is 86.2 cm³/mol. The van der Waals surface area contributed by atoms with Gasteiger partial charge in [0.1, 0.15) is 0 Å². The molecule has 2 aliphatic rings. The molecule has 116 valence electrons. The van der Waals surface area contributed by atoms with Crippen molar-refractivity contribution in [3.63, 3.8) is 0 Å². The van der Waals surface area contributed by atoms with E-state index in [2.05, 4.69) is 55.7 Å². The van der Waals surface area contributed by atoms with E-state index in [9.17, 15) is 0 Å². The minimum atomic E-state index is 0.227. The van der Waals surface area contributed by atoms with E-state index in [0.29, 0.717) is 18.2 Å². The minimum Gasteiger partial charge on any atom is -0.378 e. The molecule has 1 aliphatic heterocycles. The molecule has 0 spiro atoms. The average Bonchev–Trinajstić information content (AvgIpc) is 2.69. The Morgan fingerprint density at radius 3 is 2.90 bits per heavy atom. The van der Waals surface area contributed by atoms with Crippen LogP contribution in [0, 0.1) is 5.41 Å². The lowest BCUT2D eigenvalue weighted by atomic mass is 9.64. The molecule has 0 amide bonds. The van der Waals surface area contributed by atoms with Crippen LogP contribution in [0.3, 0.4) is 0 Å². The summed E-state index contributed by atoms with van der Waals surface area (Å²) in [5, 5.41) is 7.44. The molecule has 3 atom stereocenters. The number of ether oxygens (including phenoxy) is 1. The number of hydrogen-bond acceptors (Lipinski definition) is 3. The summed E-state index contributed by atoms with van der Waals surface area (Å²) >= 11 is 0. The highest BCUT2D eigenvalue weighted by atomic mass is 16.5. The van der Waals surface area contributed by atoms with Crippen LogP contribution < -0.4 is 10.6 Å². The number of nitrogens with one attached hydrogen (secondary N) is 2. The molecule has 3 heteroatoms. The van der Waals surface area contributed by atoms with Gasteiger partial charge < -0.3 is 15.4 Å². The van der Waals surface area contributed by atoms with Crippen molar-refractivity contribution in [2.45, 2.75) is 58.3 Å². The normalized spacial score (nSPS) is 31.1. The van der Waals surface area contributed by atoms with Crippen molar-refractivity contribution >= 4 is 0 Å². The van der Waals surface area contributed by atoms with Crippen LogP contribution in [0.2, 0.25) is 0 Å². The first-order chi connectivity index (χ1) is 10.1. The van der Waals surface area contributed by atoms with Gasteiger partial charge in [-0.2, -0.15) is 0 Å². The lowest BCUT2D eigenvalue weighted by molar-refractivity contribution is -0.116. The summed E-state index contributed by atoms with van der Waals surface area (Å²) in [7, 11) is 0. The molecule has 1 heterocycles. The van der Waals surface area contributed by atoms with Crippen LogP contribution in [0.1, 0.15) is 50.8 Å². The van der Waals surface area contributed by atoms with E-state index in [1.165, 1.54) is 11.1 Å². The summed E-state index contributed by atoms with van der Waals surface area (Å²) in [5.74, 6) is 0. The SMILES string of the molecule is CCOC1CC(NC2CCNCc3ccccc32)C1(C)C. The third-order valence-corrected chi connectivity index (χ3v) is 5.30. The molecule has 3 nitrogen and oxygen atoms in total. The molecule has 1 fully saturated rings. The Kier molecular flexibility index (Phi) is 4.34. The Morgan fingerprint density at radius 1 is 1.33 bits per heavy atom. The molecular weight excluding hydrogens is 260 g/mol. The summed E-state index contributed by atoms with van der Waals surface area (Å²) in [4.78, 5) is 0. The fraction of sp³-hybridized carbons (Fsp3) is 0.667. The zero-order valence-electron chi connectivity index (χ0n) is 13.5. The molecule has 0 radical (unpaired) electrons. The van der Waals surface area contributed by atoms with Crippen molar-refractivity contribution < 1.29 is 4.74 Å². The standard InChI is InChI=1S/C18H28N2O/c1-4-21-17-11-16(18(17,2)3)20-15-9-10-19-12-13-7-5-6-8-14(13)15/h5-8,15-17,19-20H,4,9-12H2,1-3H3. The fourth-order valence-corrected chi connectivity index (χ4v) is 3.73. The third-order valence-electron chi connectivity index (χ3n) is 5.30. The zero-order chi connectivity index (χ0) is 14.9. The van der Waals surface area contributed by atoms with E-state index in [0.717, 1.165) is 32.5 Å². The van der Waals surface area contributed by atoms with Gasteiger partial charge in [0.05, 0.1) is 6.10 Å². The first kappa shape index (κ1) is 15.0. The monoisotopic (exact) mass is 288 g/mol. The van der Waals surface area contributed by atoms with E-state index >= 15 is 0 Å². The molecule has 1 aromatic rings. The predicted octanol–water partition coefficient (Wildman–Crippen LogP) is 3.01. The van der Waals surface area contributed by atoms with E-state index in [4.69, 9.17) is 4.74 Å². The van der Waals surface area contributed by atoms with Gasteiger partial charge in [-0.1, -0.05) is 38.1 Å². The highest BCUT2D eigenvalue weighted by Gasteiger charge is 2.49. The molecule has 21 heavy (non-hydrogen) atoms. The zero-order valence-corrected chi connectivity index (χ0v) is 13.5. The van der Waals surface area contributed by atoms with Gasteiger partial charge in [-0.15, -0.1) is 0 Å². The van der Waals surface area contributed by atoms with Gasteiger partial charge in [0.15, 0.2) is 0 Å². The van der Waals surface area contributed by atoms with Crippen LogP contribution in [0.25, 0.3) is 0 Å². The van der Waals surface area contributed by atoms with Crippen LogP contribution in [0.15, 0.2) is 24.3 Å². The Morgan fingerprint density at radius 2 is 2.14 bits per heavy atom. The first-order valence-corrected chi connectivity index (χ1v) is 8.29. The fourth-order valence-electron chi connectivity index (χ4n) is 3.73. The molecular formula is C18H28N2O. The van der Waals surface area contributed by atoms with Crippen molar-refractivity contribution in [3.05, 3.63) is 35.4 Å². The Labute approximate surface area is 128 Å². The smallest absolute Gasteiger partial charge is 0.0655 e. The Balaban J connectivity index is 1.71. The third kappa shape index (κ3) is 2.87. The second-order valence-electron chi connectivity index (χ2n) is 6.94. The maximum Gasteiger partial charge on any atom is 0.0655 e. The van der Waals surface area contributed by atoms with Crippen molar-refractivity contribution in [1.29, 1.82) is 0 Å². The van der Waals surface area contributed by atoms with Crippen molar-refractivity contribution in [2.75, 3.05) is 13.2 Å². The topological polar surface area (TPSA) is 33.3 Å². The molecule has 3 unspecified atom stereocenters. The summed E-state index contributed by atoms with van der Waals surface area (Å²) < 4.78 is 5.85. The number of benzene rings is 1. The second-order valence-corrected chi connectivity index (χ2v) is 6.94. The van der Waals surface area contributed by atoms with E-state index in [-0.39, 0.29) is 5.41 Å². The lowest BCUT2D eigenvalue weighted by Crippen LogP contribution is -2.61. The summed E-state index contributed by atoms with van der Waals surface area (Å²) in [5.41, 5.74) is 3.13. The maximum absolute atomic E-state index is 5.85. The van der Waals surface area contributed by atoms with E-state index in [1.54, 1.807) is 0 Å². The molecule has 0 bridgehead atoms. The summed E-state index contributed by atoms with van der Waals surface area (Å²) in [6.07, 6.45) is 2.69. The number of hydrogen-bond donors (Lipinski definition) is 2. The van der Waals surface area contributed by atoms with E-state index in [1.807, 2.05) is 0 Å². The van der Waals surface area contributed by atoms with Gasteiger partial charge >= 0.3 is 0 Å². The van der Waals surface area contributed by atoms with Crippen LogP contribution in [0.5, 0.6) is 0 Å². The molecule has 1 aromatic carbocycles. The van der Waals surface area contributed by atoms with Gasteiger partial charge in [-0.25, -0.2) is 0 Å². The minimum absolute atomic E-state index is 0.227. The van der Waals surface area contributed by atoms with E-state index < -0.39 is 0 Å². The van der Waals surface area contributed by atoms with Gasteiger partial charge in [0.2, 0.25) is 0 Å². The van der Waals surface area contributed by atoms with Gasteiger partial charge in [-0.05, 0) is 37.4 Å². The van der Waals surface area contributed by atoms with Gasteiger partial charge in [0, 0.05) is 30.7 Å². The van der Waals surface area contributed by atoms with Crippen LogP contribution in [0.4, 0.5) is 0 Å². The van der Waals surface area contributed by atoms with Gasteiger partial charge in [0.25, 0.3) is 0 Å². The lowest BCUT2D eigenvalue weighted by Gasteiger charge is -2.53. The summed E-state index contributed by atoms with van der Waals surface area (Å²) in [6.45, 7) is 9.63. The first-order valence-electron chi connectivity index (χ1n) is 8.29. The van der Waals surface area contributed by atoms with Crippen molar-refractivity contribution in [1.82, 2.24) is 10.6 Å². The molecule has 0 saturated heterocycles. The quantitative estimate of drug-likeness (QED) is 0.893. The number of fused-ring (bicyclic) bond motifs is 1. The highest BCUT2D eigenvalue weighted by molar-refractivity contribution is 5.31. The maximum atomic E-state index is 5.85. The molecule has 3 rings (SSSR count). The largest absolute Gasteiger partial charge is 0.378 e. The highest BCUT2D eigenvalue weighted by Crippen LogP contribution is 2.44. The van der Waals surface area contributed by atoms with Crippen LogP contribution in [-0.2, 0) is 11.3 Å². The van der Waals surface area contributed by atoms with Crippen LogP contribution in [-0.4, -0.2) is 25.3 Å². The van der Waals surface area contributed by atoms with Crippen LogP contribution >= 0.6 is 0 Å².